The molecule has 136 valence electrons. The number of ether oxygens (including phenoxy) is 2. The molecule has 1 aromatic heterocycles. The highest BCUT2D eigenvalue weighted by molar-refractivity contribution is 5.74. The van der Waals surface area contributed by atoms with Gasteiger partial charge in [0, 0.05) is 37.1 Å². The van der Waals surface area contributed by atoms with E-state index in [1.807, 2.05) is 18.2 Å². The minimum atomic E-state index is 0.590. The second-order valence-electron chi connectivity index (χ2n) is 7.29. The highest BCUT2D eigenvalue weighted by Gasteiger charge is 2.24. The Bertz CT molecular complexity index is 793. The van der Waals surface area contributed by atoms with Crippen LogP contribution in [0, 0.1) is 5.92 Å². The predicted octanol–water partition coefficient (Wildman–Crippen LogP) is 4.35. The number of fused-ring (bicyclic) bond motifs is 1. The molecule has 2 aromatic rings. The van der Waals surface area contributed by atoms with Gasteiger partial charge in [-0.05, 0) is 55.4 Å². The van der Waals surface area contributed by atoms with Gasteiger partial charge in [0.2, 0.25) is 5.88 Å². The molecule has 4 rings (SSSR count). The number of methoxy groups -OCH3 is 1. The van der Waals surface area contributed by atoms with Gasteiger partial charge in [-0.1, -0.05) is 17.7 Å². The number of aromatic nitrogens is 1. The van der Waals surface area contributed by atoms with Gasteiger partial charge in [-0.15, -0.1) is 0 Å². The molecule has 26 heavy (non-hydrogen) atoms. The van der Waals surface area contributed by atoms with Crippen molar-refractivity contribution in [3.05, 3.63) is 53.2 Å². The lowest BCUT2D eigenvalue weighted by Gasteiger charge is -2.35. The number of anilines is 1. The summed E-state index contributed by atoms with van der Waals surface area (Å²) in [6, 6.07) is 10.2. The molecular weight excluding hydrogens is 324 g/mol. The van der Waals surface area contributed by atoms with Crippen molar-refractivity contribution in [3.63, 3.8) is 0 Å². The van der Waals surface area contributed by atoms with Crippen LogP contribution in [-0.2, 0) is 6.42 Å². The SMILES string of the molecule is COc1cc2c(c(N3CCC(COc4ccccn4)CC3)c1)CC(C)=C2. The first kappa shape index (κ1) is 17.0. The van der Waals surface area contributed by atoms with Crippen molar-refractivity contribution >= 4 is 11.8 Å². The van der Waals surface area contributed by atoms with E-state index >= 15 is 0 Å². The predicted molar refractivity (Wildman–Crippen MR) is 105 cm³/mol. The van der Waals surface area contributed by atoms with Gasteiger partial charge in [-0.2, -0.15) is 0 Å². The molecule has 2 heterocycles. The number of benzene rings is 1. The molecule has 4 heteroatoms. The maximum atomic E-state index is 5.85. The van der Waals surface area contributed by atoms with E-state index < -0.39 is 0 Å². The standard InChI is InChI=1S/C22H26N2O2/c1-16-11-18-13-19(25-2)14-21(20(18)12-16)24-9-6-17(7-10-24)15-26-22-5-3-4-8-23-22/h3-5,8,11,13-14,17H,6-7,9-10,12,15H2,1-2H3. The average Bonchev–Trinajstić information content (AvgIpc) is 3.07. The Balaban J connectivity index is 1.40. The summed E-state index contributed by atoms with van der Waals surface area (Å²) in [5.74, 6) is 2.26. The zero-order chi connectivity index (χ0) is 17.9. The first-order chi connectivity index (χ1) is 12.7. The van der Waals surface area contributed by atoms with Gasteiger partial charge in [-0.25, -0.2) is 4.98 Å². The quantitative estimate of drug-likeness (QED) is 0.803. The molecule has 4 nitrogen and oxygen atoms in total. The van der Waals surface area contributed by atoms with Gasteiger partial charge in [0.15, 0.2) is 0 Å². The van der Waals surface area contributed by atoms with Crippen LogP contribution in [0.4, 0.5) is 5.69 Å². The molecule has 0 amide bonds. The smallest absolute Gasteiger partial charge is 0.213 e. The average molecular weight is 350 g/mol. The zero-order valence-electron chi connectivity index (χ0n) is 15.6. The summed E-state index contributed by atoms with van der Waals surface area (Å²) in [5, 5.41) is 0. The maximum absolute atomic E-state index is 5.85. The number of hydrogen-bond donors (Lipinski definition) is 0. The molecule has 0 saturated carbocycles. The van der Waals surface area contributed by atoms with Gasteiger partial charge < -0.3 is 14.4 Å². The molecule has 0 atom stereocenters. The summed E-state index contributed by atoms with van der Waals surface area (Å²) in [6.07, 6.45) is 7.40. The Kier molecular flexibility index (Phi) is 4.83. The molecule has 1 aromatic carbocycles. The molecule has 1 fully saturated rings. The van der Waals surface area contributed by atoms with Crippen LogP contribution in [-0.4, -0.2) is 31.8 Å². The highest BCUT2D eigenvalue weighted by Crippen LogP contribution is 2.38. The number of piperidine rings is 1. The Morgan fingerprint density at radius 3 is 2.77 bits per heavy atom. The summed E-state index contributed by atoms with van der Waals surface area (Å²) in [5.41, 5.74) is 5.54. The van der Waals surface area contributed by atoms with Gasteiger partial charge >= 0.3 is 0 Å². The maximum Gasteiger partial charge on any atom is 0.213 e. The molecule has 0 N–H and O–H groups in total. The van der Waals surface area contributed by atoms with E-state index in [0.717, 1.165) is 50.6 Å². The number of allylic oxidation sites excluding steroid dienone is 1. The van der Waals surface area contributed by atoms with Crippen molar-refractivity contribution in [3.8, 4) is 11.6 Å². The molecule has 2 aliphatic rings. The number of nitrogens with zero attached hydrogens (tertiary/aromatic N) is 2. The second kappa shape index (κ2) is 7.40. The Hall–Kier alpha value is -2.49. The van der Waals surface area contributed by atoms with Crippen LogP contribution < -0.4 is 14.4 Å². The molecule has 0 unspecified atom stereocenters. The van der Waals surface area contributed by atoms with Gasteiger partial charge in [0.25, 0.3) is 0 Å². The fourth-order valence-electron chi connectivity index (χ4n) is 3.94. The largest absolute Gasteiger partial charge is 0.497 e. The third-order valence-electron chi connectivity index (χ3n) is 5.39. The third-order valence-corrected chi connectivity index (χ3v) is 5.39. The molecule has 0 spiro atoms. The van der Waals surface area contributed by atoms with Crippen LogP contribution in [0.15, 0.2) is 42.1 Å². The fraction of sp³-hybridized carbons (Fsp3) is 0.409. The lowest BCUT2D eigenvalue weighted by Crippen LogP contribution is -2.36. The van der Waals surface area contributed by atoms with Gasteiger partial charge in [0.1, 0.15) is 5.75 Å². The Morgan fingerprint density at radius 1 is 1.19 bits per heavy atom. The van der Waals surface area contributed by atoms with E-state index in [0.29, 0.717) is 5.92 Å². The van der Waals surface area contributed by atoms with Crippen LogP contribution in [0.3, 0.4) is 0 Å². The van der Waals surface area contributed by atoms with E-state index in [1.165, 1.54) is 22.4 Å². The van der Waals surface area contributed by atoms with Crippen molar-refractivity contribution in [2.45, 2.75) is 26.2 Å². The number of rotatable bonds is 5. The summed E-state index contributed by atoms with van der Waals surface area (Å²) in [6.45, 7) is 5.09. The lowest BCUT2D eigenvalue weighted by molar-refractivity contribution is 0.216. The number of hydrogen-bond acceptors (Lipinski definition) is 4. The summed E-state index contributed by atoms with van der Waals surface area (Å²) in [7, 11) is 1.75. The van der Waals surface area contributed by atoms with Crippen LogP contribution in [0.5, 0.6) is 11.6 Å². The van der Waals surface area contributed by atoms with Crippen LogP contribution in [0.25, 0.3) is 6.08 Å². The topological polar surface area (TPSA) is 34.6 Å². The van der Waals surface area contributed by atoms with E-state index in [1.54, 1.807) is 13.3 Å². The summed E-state index contributed by atoms with van der Waals surface area (Å²) in [4.78, 5) is 6.76. The first-order valence-electron chi connectivity index (χ1n) is 9.40. The molecule has 1 saturated heterocycles. The molecule has 1 aliphatic carbocycles. The summed E-state index contributed by atoms with van der Waals surface area (Å²) < 4.78 is 11.4. The first-order valence-corrected chi connectivity index (χ1v) is 9.40. The fourth-order valence-corrected chi connectivity index (χ4v) is 3.94. The molecule has 0 radical (unpaired) electrons. The lowest BCUT2D eigenvalue weighted by atomic mass is 9.96. The van der Waals surface area contributed by atoms with Crippen molar-refractivity contribution < 1.29 is 9.47 Å². The van der Waals surface area contributed by atoms with Gasteiger partial charge in [-0.3, -0.25) is 0 Å². The normalized spacial score (nSPS) is 17.0. The Labute approximate surface area is 155 Å². The van der Waals surface area contributed by atoms with Crippen molar-refractivity contribution in [1.29, 1.82) is 0 Å². The minimum Gasteiger partial charge on any atom is -0.497 e. The monoisotopic (exact) mass is 350 g/mol. The third kappa shape index (κ3) is 3.55. The highest BCUT2D eigenvalue weighted by atomic mass is 16.5. The zero-order valence-corrected chi connectivity index (χ0v) is 15.6. The van der Waals surface area contributed by atoms with Crippen LogP contribution in [0.1, 0.15) is 30.9 Å². The number of pyridine rings is 1. The van der Waals surface area contributed by atoms with Crippen molar-refractivity contribution in [2.24, 2.45) is 5.92 Å². The van der Waals surface area contributed by atoms with E-state index in [2.05, 4.69) is 35.0 Å². The van der Waals surface area contributed by atoms with Crippen LogP contribution in [0.2, 0.25) is 0 Å². The van der Waals surface area contributed by atoms with E-state index in [4.69, 9.17) is 9.47 Å². The van der Waals surface area contributed by atoms with Gasteiger partial charge in [0.05, 0.1) is 13.7 Å². The van der Waals surface area contributed by atoms with E-state index in [-0.39, 0.29) is 0 Å². The van der Waals surface area contributed by atoms with Crippen LogP contribution >= 0.6 is 0 Å². The van der Waals surface area contributed by atoms with Crippen molar-refractivity contribution in [1.82, 2.24) is 4.98 Å². The molecule has 0 bridgehead atoms. The Morgan fingerprint density at radius 2 is 2.04 bits per heavy atom. The molecular formula is C22H26N2O2. The summed E-state index contributed by atoms with van der Waals surface area (Å²) >= 11 is 0. The minimum absolute atomic E-state index is 0.590. The van der Waals surface area contributed by atoms with E-state index in [9.17, 15) is 0 Å². The second-order valence-corrected chi connectivity index (χ2v) is 7.29. The van der Waals surface area contributed by atoms with Crippen molar-refractivity contribution in [2.75, 3.05) is 31.7 Å². The molecule has 1 aliphatic heterocycles.